The summed E-state index contributed by atoms with van der Waals surface area (Å²) < 4.78 is 67.2. The number of ether oxygens (including phenoxy) is 1. The van der Waals surface area contributed by atoms with Crippen LogP contribution in [0.2, 0.25) is 0 Å². The average molecular weight is 434 g/mol. The molecular weight excluding hydrogens is 409 g/mol. The van der Waals surface area contributed by atoms with Gasteiger partial charge in [-0.1, -0.05) is 18.2 Å². The second kappa shape index (κ2) is 8.78. The number of nitrogens with zero attached hydrogens (tertiary/aromatic N) is 2. The zero-order chi connectivity index (χ0) is 21.1. The molecule has 0 amide bonds. The van der Waals surface area contributed by atoms with E-state index >= 15 is 0 Å². The topological polar surface area (TPSA) is 83.0 Å². The zero-order valence-corrected chi connectivity index (χ0v) is 16.9. The molecule has 2 aliphatic heterocycles. The van der Waals surface area contributed by atoms with E-state index in [-0.39, 0.29) is 25.1 Å². The number of rotatable bonds is 5. The molecule has 1 aromatic carbocycles. The van der Waals surface area contributed by atoms with E-state index in [2.05, 4.69) is 15.6 Å². The lowest BCUT2D eigenvalue weighted by Crippen LogP contribution is -2.48. The largest absolute Gasteiger partial charge is 0.511 e. The first-order valence-electron chi connectivity index (χ1n) is 9.46. The van der Waals surface area contributed by atoms with Crippen molar-refractivity contribution in [2.45, 2.75) is 30.9 Å². The molecule has 0 spiro atoms. The molecule has 0 aromatic heterocycles. The Morgan fingerprint density at radius 3 is 2.48 bits per heavy atom. The molecule has 0 bridgehead atoms. The molecule has 11 heteroatoms. The summed E-state index contributed by atoms with van der Waals surface area (Å²) in [6.07, 6.45) is 1.54. The van der Waals surface area contributed by atoms with Crippen molar-refractivity contribution in [2.24, 2.45) is 10.9 Å². The van der Waals surface area contributed by atoms with Gasteiger partial charge in [-0.2, -0.15) is 17.5 Å². The zero-order valence-electron chi connectivity index (χ0n) is 16.1. The third-order valence-corrected chi connectivity index (χ3v) is 6.83. The Morgan fingerprint density at radius 1 is 1.21 bits per heavy atom. The third kappa shape index (κ3) is 5.13. The summed E-state index contributed by atoms with van der Waals surface area (Å²) in [5, 5.41) is 6.36. The van der Waals surface area contributed by atoms with E-state index in [1.807, 2.05) is 24.3 Å². The monoisotopic (exact) mass is 434 g/mol. The van der Waals surface area contributed by atoms with Crippen molar-refractivity contribution in [1.82, 2.24) is 14.9 Å². The molecule has 1 aromatic rings. The Hall–Kier alpha value is -2.01. The van der Waals surface area contributed by atoms with Gasteiger partial charge in [-0.05, 0) is 30.4 Å². The summed E-state index contributed by atoms with van der Waals surface area (Å²) in [6, 6.07) is 7.88. The van der Waals surface area contributed by atoms with Crippen LogP contribution in [0.25, 0.3) is 0 Å². The highest BCUT2D eigenvalue weighted by molar-refractivity contribution is 7.90. The predicted octanol–water partition coefficient (Wildman–Crippen LogP) is 1.72. The van der Waals surface area contributed by atoms with Gasteiger partial charge >= 0.3 is 15.5 Å². The summed E-state index contributed by atoms with van der Waals surface area (Å²) in [4.78, 5) is 4.15. The molecule has 1 atom stereocenters. The van der Waals surface area contributed by atoms with E-state index in [1.54, 1.807) is 7.05 Å². The SMILES string of the molecule is CN=C(NCC1CCN(S(=O)(=O)C(F)(F)F)CC1)NCC1Cc2ccccc2O1. The lowest BCUT2D eigenvalue weighted by Gasteiger charge is -2.31. The van der Waals surface area contributed by atoms with Crippen molar-refractivity contribution in [1.29, 1.82) is 0 Å². The number of halogens is 3. The van der Waals surface area contributed by atoms with Crippen LogP contribution in [0.5, 0.6) is 5.75 Å². The molecule has 2 aliphatic rings. The maximum atomic E-state index is 12.6. The fourth-order valence-corrected chi connectivity index (χ4v) is 4.52. The van der Waals surface area contributed by atoms with Crippen molar-refractivity contribution < 1.29 is 26.3 Å². The highest BCUT2D eigenvalue weighted by Gasteiger charge is 2.50. The number of hydrogen-bond donors (Lipinski definition) is 2. The fourth-order valence-electron chi connectivity index (χ4n) is 3.54. The van der Waals surface area contributed by atoms with Crippen molar-refractivity contribution in [3.8, 4) is 5.75 Å². The summed E-state index contributed by atoms with van der Waals surface area (Å²) >= 11 is 0. The number of para-hydroxylation sites is 1. The van der Waals surface area contributed by atoms with Gasteiger partial charge < -0.3 is 15.4 Å². The Labute approximate surface area is 168 Å². The number of nitrogens with one attached hydrogen (secondary N) is 2. The maximum Gasteiger partial charge on any atom is 0.511 e. The molecule has 7 nitrogen and oxygen atoms in total. The van der Waals surface area contributed by atoms with Crippen LogP contribution in [0.15, 0.2) is 29.3 Å². The molecule has 162 valence electrons. The highest BCUT2D eigenvalue weighted by atomic mass is 32.2. The van der Waals surface area contributed by atoms with Gasteiger partial charge in [0, 0.05) is 33.1 Å². The van der Waals surface area contributed by atoms with Crippen LogP contribution in [-0.2, 0) is 16.4 Å². The minimum Gasteiger partial charge on any atom is -0.488 e. The third-order valence-electron chi connectivity index (χ3n) is 5.20. The van der Waals surface area contributed by atoms with Crippen molar-refractivity contribution >= 4 is 16.0 Å². The minimum absolute atomic E-state index is 0.00163. The first kappa shape index (κ1) is 21.7. The Kier molecular flexibility index (Phi) is 6.57. The number of fused-ring (bicyclic) bond motifs is 1. The molecular formula is C18H25F3N4O3S. The molecule has 29 heavy (non-hydrogen) atoms. The van der Waals surface area contributed by atoms with Gasteiger partial charge in [-0.25, -0.2) is 8.42 Å². The molecule has 0 aliphatic carbocycles. The van der Waals surface area contributed by atoms with Crippen molar-refractivity contribution in [3.05, 3.63) is 29.8 Å². The quantitative estimate of drug-likeness (QED) is 0.545. The molecule has 1 fully saturated rings. The van der Waals surface area contributed by atoms with E-state index in [0.717, 1.165) is 12.2 Å². The lowest BCUT2D eigenvalue weighted by atomic mass is 9.98. The number of benzene rings is 1. The first-order chi connectivity index (χ1) is 13.7. The van der Waals surface area contributed by atoms with E-state index in [9.17, 15) is 21.6 Å². The van der Waals surface area contributed by atoms with Crippen LogP contribution in [0.4, 0.5) is 13.2 Å². The molecule has 2 N–H and O–H groups in total. The standard InChI is InChI=1S/C18H25F3N4O3S/c1-22-17(24-12-15-10-14-4-2-3-5-16(14)28-15)23-11-13-6-8-25(9-7-13)29(26,27)18(19,20)21/h2-5,13,15H,6-12H2,1H3,(H2,22,23,24). The maximum absolute atomic E-state index is 12.6. The number of piperidine rings is 1. The molecule has 0 radical (unpaired) electrons. The van der Waals surface area contributed by atoms with Gasteiger partial charge in [-0.3, -0.25) is 4.99 Å². The smallest absolute Gasteiger partial charge is 0.488 e. The summed E-state index contributed by atoms with van der Waals surface area (Å²) in [6.45, 7) is 0.810. The second-order valence-corrected chi connectivity index (χ2v) is 9.11. The number of hydrogen-bond acceptors (Lipinski definition) is 4. The molecule has 1 unspecified atom stereocenters. The van der Waals surface area contributed by atoms with Crippen LogP contribution in [0, 0.1) is 5.92 Å². The van der Waals surface area contributed by atoms with E-state index < -0.39 is 15.5 Å². The fraction of sp³-hybridized carbons (Fsp3) is 0.611. The second-order valence-electron chi connectivity index (χ2n) is 7.18. The van der Waals surface area contributed by atoms with Crippen LogP contribution >= 0.6 is 0 Å². The summed E-state index contributed by atoms with van der Waals surface area (Å²) in [5.74, 6) is 1.54. The van der Waals surface area contributed by atoms with Gasteiger partial charge in [-0.15, -0.1) is 0 Å². The Bertz CT molecular complexity index is 812. The Morgan fingerprint density at radius 2 is 1.86 bits per heavy atom. The van der Waals surface area contributed by atoms with Gasteiger partial charge in [0.2, 0.25) is 0 Å². The van der Waals surface area contributed by atoms with E-state index in [0.29, 0.717) is 36.2 Å². The van der Waals surface area contributed by atoms with Crippen LogP contribution < -0.4 is 15.4 Å². The van der Waals surface area contributed by atoms with Gasteiger partial charge in [0.25, 0.3) is 0 Å². The Balaban J connectivity index is 1.40. The number of sulfonamides is 1. The molecule has 0 saturated carbocycles. The van der Waals surface area contributed by atoms with E-state index in [1.165, 1.54) is 5.56 Å². The molecule has 1 saturated heterocycles. The van der Waals surface area contributed by atoms with Crippen LogP contribution in [0.3, 0.4) is 0 Å². The lowest BCUT2D eigenvalue weighted by molar-refractivity contribution is -0.0496. The van der Waals surface area contributed by atoms with Gasteiger partial charge in [0.1, 0.15) is 11.9 Å². The van der Waals surface area contributed by atoms with Crippen LogP contribution in [-0.4, -0.2) is 63.5 Å². The molecule has 3 rings (SSSR count). The summed E-state index contributed by atoms with van der Waals surface area (Å²) in [5.41, 5.74) is -4.07. The highest BCUT2D eigenvalue weighted by Crippen LogP contribution is 2.30. The summed E-state index contributed by atoms with van der Waals surface area (Å²) in [7, 11) is -3.60. The van der Waals surface area contributed by atoms with E-state index in [4.69, 9.17) is 4.74 Å². The number of alkyl halides is 3. The van der Waals surface area contributed by atoms with Gasteiger partial charge in [0.15, 0.2) is 5.96 Å². The molecule has 2 heterocycles. The predicted molar refractivity (Wildman–Crippen MR) is 103 cm³/mol. The average Bonchev–Trinajstić information content (AvgIpc) is 3.10. The van der Waals surface area contributed by atoms with Crippen molar-refractivity contribution in [2.75, 3.05) is 33.2 Å². The van der Waals surface area contributed by atoms with Crippen LogP contribution in [0.1, 0.15) is 18.4 Å². The normalized spacial score (nSPS) is 21.5. The first-order valence-corrected chi connectivity index (χ1v) is 10.9. The van der Waals surface area contributed by atoms with Gasteiger partial charge in [0.05, 0.1) is 6.54 Å². The number of aliphatic imine (C=N–C) groups is 1. The van der Waals surface area contributed by atoms with Crippen molar-refractivity contribution in [3.63, 3.8) is 0 Å². The minimum atomic E-state index is -5.24. The number of guanidine groups is 1.